The molecule has 2 aliphatic rings. The standard InChI is InChI=1S/C11H18N4O.ClH/c1-12-9-4-5-15(6-9)7-10-13-11(16-14-10)8-2-3-8;/h8-9,12H,2-7H2,1H3;1H. The van der Waals surface area contributed by atoms with E-state index in [-0.39, 0.29) is 12.4 Å². The van der Waals surface area contributed by atoms with Crippen LogP contribution < -0.4 is 5.32 Å². The van der Waals surface area contributed by atoms with Crippen LogP contribution in [0.4, 0.5) is 0 Å². The molecule has 2 fully saturated rings. The van der Waals surface area contributed by atoms with Crippen molar-refractivity contribution in [1.29, 1.82) is 0 Å². The molecule has 1 atom stereocenters. The van der Waals surface area contributed by atoms with Crippen molar-refractivity contribution in [3.63, 3.8) is 0 Å². The van der Waals surface area contributed by atoms with Crippen LogP contribution >= 0.6 is 12.4 Å². The zero-order valence-electron chi connectivity index (χ0n) is 10.1. The molecule has 1 saturated carbocycles. The smallest absolute Gasteiger partial charge is 0.229 e. The van der Waals surface area contributed by atoms with Crippen molar-refractivity contribution >= 4 is 12.4 Å². The predicted octanol–water partition coefficient (Wildman–Crippen LogP) is 1.16. The summed E-state index contributed by atoms with van der Waals surface area (Å²) in [5, 5.41) is 7.35. The van der Waals surface area contributed by atoms with Crippen LogP contribution in [0.2, 0.25) is 0 Å². The molecule has 1 aromatic rings. The van der Waals surface area contributed by atoms with Gasteiger partial charge in [-0.15, -0.1) is 12.4 Å². The molecule has 0 amide bonds. The van der Waals surface area contributed by atoms with E-state index in [9.17, 15) is 0 Å². The molecule has 5 nitrogen and oxygen atoms in total. The van der Waals surface area contributed by atoms with Gasteiger partial charge in [0.2, 0.25) is 5.89 Å². The van der Waals surface area contributed by atoms with E-state index < -0.39 is 0 Å². The summed E-state index contributed by atoms with van der Waals surface area (Å²) in [7, 11) is 2.02. The van der Waals surface area contributed by atoms with Crippen molar-refractivity contribution in [1.82, 2.24) is 20.4 Å². The SMILES string of the molecule is CNC1CCN(Cc2noc(C3CC3)n2)C1.Cl. The van der Waals surface area contributed by atoms with Crippen LogP contribution in [-0.4, -0.2) is 41.2 Å². The van der Waals surface area contributed by atoms with Gasteiger partial charge in [0.25, 0.3) is 0 Å². The van der Waals surface area contributed by atoms with Gasteiger partial charge in [0.1, 0.15) is 0 Å². The Kier molecular flexibility index (Phi) is 4.01. The van der Waals surface area contributed by atoms with E-state index in [0.29, 0.717) is 12.0 Å². The fraction of sp³-hybridized carbons (Fsp3) is 0.818. The number of likely N-dealkylation sites (N-methyl/N-ethyl adjacent to an activating group) is 1. The lowest BCUT2D eigenvalue weighted by Gasteiger charge is -2.12. The highest BCUT2D eigenvalue weighted by atomic mass is 35.5. The monoisotopic (exact) mass is 258 g/mol. The Labute approximate surface area is 107 Å². The summed E-state index contributed by atoms with van der Waals surface area (Å²) in [6, 6.07) is 0.620. The van der Waals surface area contributed by atoms with E-state index in [0.717, 1.165) is 31.3 Å². The second-order valence-electron chi connectivity index (χ2n) is 4.83. The molecule has 1 N–H and O–H groups in total. The third kappa shape index (κ3) is 2.97. The van der Waals surface area contributed by atoms with Crippen molar-refractivity contribution in [2.75, 3.05) is 20.1 Å². The van der Waals surface area contributed by atoms with Gasteiger partial charge in [-0.1, -0.05) is 5.16 Å². The molecule has 1 aromatic heterocycles. The minimum atomic E-state index is 0. The molecule has 0 aromatic carbocycles. The number of nitrogens with one attached hydrogen (secondary N) is 1. The third-order valence-electron chi connectivity index (χ3n) is 3.46. The molecule has 1 aliphatic carbocycles. The van der Waals surface area contributed by atoms with Crippen LogP contribution in [0.3, 0.4) is 0 Å². The first-order valence-corrected chi connectivity index (χ1v) is 6.07. The lowest BCUT2D eigenvalue weighted by atomic mass is 10.3. The first-order chi connectivity index (χ1) is 7.85. The van der Waals surface area contributed by atoms with Gasteiger partial charge in [-0.3, -0.25) is 4.90 Å². The van der Waals surface area contributed by atoms with Gasteiger partial charge in [0.05, 0.1) is 6.54 Å². The summed E-state index contributed by atoms with van der Waals surface area (Å²) in [5.41, 5.74) is 0. The lowest BCUT2D eigenvalue weighted by molar-refractivity contribution is 0.303. The van der Waals surface area contributed by atoms with Gasteiger partial charge in [0, 0.05) is 25.0 Å². The third-order valence-corrected chi connectivity index (χ3v) is 3.46. The maximum Gasteiger partial charge on any atom is 0.229 e. The van der Waals surface area contributed by atoms with Crippen LogP contribution in [0.5, 0.6) is 0 Å². The van der Waals surface area contributed by atoms with Gasteiger partial charge in [0.15, 0.2) is 5.82 Å². The Morgan fingerprint density at radius 3 is 2.88 bits per heavy atom. The molecule has 3 rings (SSSR count). The maximum absolute atomic E-state index is 5.25. The first-order valence-electron chi connectivity index (χ1n) is 6.07. The second kappa shape index (κ2) is 5.33. The Balaban J connectivity index is 0.00000108. The molecular formula is C11H19ClN4O. The number of nitrogens with zero attached hydrogens (tertiary/aromatic N) is 3. The highest BCUT2D eigenvalue weighted by Crippen LogP contribution is 2.38. The summed E-state index contributed by atoms with van der Waals surface area (Å²) in [6.45, 7) is 3.04. The molecule has 1 unspecified atom stereocenters. The fourth-order valence-electron chi connectivity index (χ4n) is 2.24. The van der Waals surface area contributed by atoms with Gasteiger partial charge < -0.3 is 9.84 Å². The highest BCUT2D eigenvalue weighted by molar-refractivity contribution is 5.85. The molecule has 0 bridgehead atoms. The molecule has 96 valence electrons. The van der Waals surface area contributed by atoms with E-state index in [1.807, 2.05) is 7.05 Å². The van der Waals surface area contributed by atoms with E-state index in [2.05, 4.69) is 20.4 Å². The first kappa shape index (κ1) is 12.8. The topological polar surface area (TPSA) is 54.2 Å². The van der Waals surface area contributed by atoms with Crippen molar-refractivity contribution in [3.8, 4) is 0 Å². The number of likely N-dealkylation sites (tertiary alicyclic amines) is 1. The summed E-state index contributed by atoms with van der Waals surface area (Å²) < 4.78 is 5.25. The molecule has 6 heteroatoms. The number of hydrogen-bond donors (Lipinski definition) is 1. The predicted molar refractivity (Wildman–Crippen MR) is 66.3 cm³/mol. The molecule has 1 aliphatic heterocycles. The van der Waals surface area contributed by atoms with Crippen LogP contribution in [0, 0.1) is 0 Å². The summed E-state index contributed by atoms with van der Waals surface area (Å²) >= 11 is 0. The zero-order chi connectivity index (χ0) is 11.0. The largest absolute Gasteiger partial charge is 0.339 e. The maximum atomic E-state index is 5.25. The van der Waals surface area contributed by atoms with Crippen molar-refractivity contribution in [3.05, 3.63) is 11.7 Å². The molecule has 0 spiro atoms. The summed E-state index contributed by atoms with van der Waals surface area (Å²) in [6.07, 6.45) is 3.64. The Morgan fingerprint density at radius 1 is 1.41 bits per heavy atom. The Bertz CT molecular complexity index is 366. The highest BCUT2D eigenvalue weighted by Gasteiger charge is 2.30. The quantitative estimate of drug-likeness (QED) is 0.879. The van der Waals surface area contributed by atoms with Crippen LogP contribution in [0.15, 0.2) is 4.52 Å². The Hall–Kier alpha value is -0.650. The number of halogens is 1. The molecule has 1 saturated heterocycles. The van der Waals surface area contributed by atoms with E-state index in [1.165, 1.54) is 19.3 Å². The Morgan fingerprint density at radius 2 is 2.24 bits per heavy atom. The molecular weight excluding hydrogens is 240 g/mol. The molecule has 17 heavy (non-hydrogen) atoms. The van der Waals surface area contributed by atoms with Crippen molar-refractivity contribution in [2.45, 2.75) is 37.8 Å². The molecule has 2 heterocycles. The van der Waals surface area contributed by atoms with Crippen LogP contribution in [-0.2, 0) is 6.54 Å². The fourth-order valence-corrected chi connectivity index (χ4v) is 2.24. The van der Waals surface area contributed by atoms with E-state index in [1.54, 1.807) is 0 Å². The minimum Gasteiger partial charge on any atom is -0.339 e. The van der Waals surface area contributed by atoms with Gasteiger partial charge >= 0.3 is 0 Å². The average Bonchev–Trinajstić information content (AvgIpc) is 2.88. The van der Waals surface area contributed by atoms with Gasteiger partial charge in [-0.2, -0.15) is 4.98 Å². The number of aromatic nitrogens is 2. The van der Waals surface area contributed by atoms with Crippen molar-refractivity contribution < 1.29 is 4.52 Å². The lowest BCUT2D eigenvalue weighted by Crippen LogP contribution is -2.29. The number of rotatable bonds is 4. The summed E-state index contributed by atoms with van der Waals surface area (Å²) in [4.78, 5) is 6.82. The minimum absolute atomic E-state index is 0. The zero-order valence-corrected chi connectivity index (χ0v) is 10.9. The van der Waals surface area contributed by atoms with Crippen LogP contribution in [0.25, 0.3) is 0 Å². The number of hydrogen-bond acceptors (Lipinski definition) is 5. The van der Waals surface area contributed by atoms with E-state index >= 15 is 0 Å². The normalized spacial score (nSPS) is 24.9. The van der Waals surface area contributed by atoms with Gasteiger partial charge in [-0.05, 0) is 26.3 Å². The summed E-state index contributed by atoms with van der Waals surface area (Å²) in [5.74, 6) is 2.25. The van der Waals surface area contributed by atoms with Gasteiger partial charge in [-0.25, -0.2) is 0 Å². The van der Waals surface area contributed by atoms with Crippen LogP contribution in [0.1, 0.15) is 36.9 Å². The van der Waals surface area contributed by atoms with Crippen molar-refractivity contribution in [2.24, 2.45) is 0 Å². The molecule has 0 radical (unpaired) electrons. The average molecular weight is 259 g/mol. The van der Waals surface area contributed by atoms with E-state index in [4.69, 9.17) is 4.52 Å². The second-order valence-corrected chi connectivity index (χ2v) is 4.83.